The zero-order valence-corrected chi connectivity index (χ0v) is 14.6. The molecule has 3 N–H and O–H groups in total. The molecule has 2 aromatic carbocycles. The van der Waals surface area contributed by atoms with E-state index < -0.39 is 34.9 Å². The van der Waals surface area contributed by atoms with Gasteiger partial charge in [0, 0.05) is 16.9 Å². The lowest BCUT2D eigenvalue weighted by Gasteiger charge is -2.13. The third-order valence-corrected chi connectivity index (χ3v) is 3.63. The van der Waals surface area contributed by atoms with E-state index in [0.29, 0.717) is 6.07 Å². The van der Waals surface area contributed by atoms with E-state index in [1.807, 2.05) is 0 Å². The Kier molecular flexibility index (Phi) is 6.28. The third-order valence-electron chi connectivity index (χ3n) is 3.39. The highest BCUT2D eigenvalue weighted by Gasteiger charge is 2.33. The summed E-state index contributed by atoms with van der Waals surface area (Å²) in [6.07, 6.45) is -3.89. The van der Waals surface area contributed by atoms with Gasteiger partial charge < -0.3 is 15.7 Å². The summed E-state index contributed by atoms with van der Waals surface area (Å²) in [6, 6.07) is 9.81. The Morgan fingerprint density at radius 3 is 2.50 bits per heavy atom. The van der Waals surface area contributed by atoms with Crippen LogP contribution in [0.15, 0.2) is 54.2 Å². The fraction of sp³-hybridized carbons (Fsp3) is 0.0556. The molecule has 0 radical (unpaired) electrons. The highest BCUT2D eigenvalue weighted by Crippen LogP contribution is 2.36. The Labute approximate surface area is 161 Å². The van der Waals surface area contributed by atoms with Crippen molar-refractivity contribution >= 4 is 34.9 Å². The minimum Gasteiger partial charge on any atom is -0.478 e. The number of carbonyl (C=O) groups excluding carboxylic acids is 1. The summed E-state index contributed by atoms with van der Waals surface area (Å²) in [6.45, 7) is 0. The number of aromatic carboxylic acids is 1. The Morgan fingerprint density at radius 2 is 1.89 bits per heavy atom. The number of amides is 1. The van der Waals surface area contributed by atoms with E-state index >= 15 is 0 Å². The topological polar surface area (TPSA) is 102 Å². The number of halogens is 4. The van der Waals surface area contributed by atoms with Gasteiger partial charge in [-0.15, -0.1) is 0 Å². The van der Waals surface area contributed by atoms with Crippen molar-refractivity contribution in [1.29, 1.82) is 5.26 Å². The molecule has 10 heteroatoms. The highest BCUT2D eigenvalue weighted by molar-refractivity contribution is 6.30. The van der Waals surface area contributed by atoms with Gasteiger partial charge in [0.1, 0.15) is 11.6 Å². The summed E-state index contributed by atoms with van der Waals surface area (Å²) >= 11 is 5.59. The van der Waals surface area contributed by atoms with E-state index in [9.17, 15) is 22.8 Å². The van der Waals surface area contributed by atoms with Gasteiger partial charge >= 0.3 is 12.1 Å². The lowest BCUT2D eigenvalue weighted by Crippen LogP contribution is -2.15. The molecule has 6 nitrogen and oxygen atoms in total. The van der Waals surface area contributed by atoms with Crippen LogP contribution >= 0.6 is 11.6 Å². The lowest BCUT2D eigenvalue weighted by atomic mass is 10.1. The number of hydrogen-bond donors (Lipinski definition) is 3. The van der Waals surface area contributed by atoms with Gasteiger partial charge in [-0.05, 0) is 36.4 Å². The number of carboxylic acids is 1. The number of carboxylic acid groups (broad SMARTS) is 1. The lowest BCUT2D eigenvalue weighted by molar-refractivity contribution is -0.136. The maximum atomic E-state index is 13.1. The van der Waals surface area contributed by atoms with Crippen LogP contribution in [0.3, 0.4) is 0 Å². The molecule has 0 bridgehead atoms. The van der Waals surface area contributed by atoms with Gasteiger partial charge in [0.15, 0.2) is 0 Å². The maximum Gasteiger partial charge on any atom is 0.418 e. The van der Waals surface area contributed by atoms with Gasteiger partial charge in [-0.2, -0.15) is 18.4 Å². The Balaban J connectivity index is 2.23. The first-order chi connectivity index (χ1) is 13.1. The highest BCUT2D eigenvalue weighted by atomic mass is 35.5. The van der Waals surface area contributed by atoms with E-state index in [1.165, 1.54) is 30.3 Å². The Bertz CT molecular complexity index is 998. The van der Waals surface area contributed by atoms with Gasteiger partial charge in [0.05, 0.1) is 16.8 Å². The van der Waals surface area contributed by atoms with Gasteiger partial charge in [0.25, 0.3) is 5.91 Å². The number of nitriles is 1. The van der Waals surface area contributed by atoms with E-state index in [-0.39, 0.29) is 16.3 Å². The number of benzene rings is 2. The molecule has 28 heavy (non-hydrogen) atoms. The van der Waals surface area contributed by atoms with Crippen molar-refractivity contribution in [2.75, 3.05) is 10.6 Å². The molecule has 0 saturated heterocycles. The second-order valence-electron chi connectivity index (χ2n) is 5.34. The quantitative estimate of drug-likeness (QED) is 0.498. The summed E-state index contributed by atoms with van der Waals surface area (Å²) in [7, 11) is 0. The Morgan fingerprint density at radius 1 is 1.18 bits per heavy atom. The molecular weight excluding hydrogens is 399 g/mol. The largest absolute Gasteiger partial charge is 0.478 e. The maximum absolute atomic E-state index is 13.1. The van der Waals surface area contributed by atoms with Crippen molar-refractivity contribution < 1.29 is 27.9 Å². The van der Waals surface area contributed by atoms with Crippen LogP contribution in [0.5, 0.6) is 0 Å². The van der Waals surface area contributed by atoms with Gasteiger partial charge in [-0.1, -0.05) is 17.7 Å². The molecule has 0 heterocycles. The van der Waals surface area contributed by atoms with Crippen molar-refractivity contribution in [3.63, 3.8) is 0 Å². The van der Waals surface area contributed by atoms with Crippen LogP contribution in [-0.2, 0) is 11.0 Å². The smallest absolute Gasteiger partial charge is 0.418 e. The molecule has 0 aliphatic carbocycles. The van der Waals surface area contributed by atoms with Crippen LogP contribution in [-0.4, -0.2) is 17.0 Å². The van der Waals surface area contributed by atoms with Gasteiger partial charge in [-0.3, -0.25) is 4.79 Å². The average molecular weight is 410 g/mol. The molecule has 0 aromatic heterocycles. The molecule has 0 unspecified atom stereocenters. The number of hydrogen-bond acceptors (Lipinski definition) is 4. The zero-order chi connectivity index (χ0) is 20.9. The van der Waals surface area contributed by atoms with Crippen molar-refractivity contribution in [3.8, 4) is 6.07 Å². The molecule has 0 aliphatic heterocycles. The van der Waals surface area contributed by atoms with Crippen LogP contribution in [0.2, 0.25) is 5.02 Å². The molecule has 0 saturated carbocycles. The number of nitrogens with one attached hydrogen (secondary N) is 2. The van der Waals surface area contributed by atoms with E-state index in [2.05, 4.69) is 10.6 Å². The van der Waals surface area contributed by atoms with E-state index in [4.69, 9.17) is 22.0 Å². The predicted octanol–water partition coefficient (Wildman–Crippen LogP) is 4.52. The molecule has 0 fully saturated rings. The van der Waals surface area contributed by atoms with E-state index in [0.717, 1.165) is 12.3 Å². The van der Waals surface area contributed by atoms with Crippen molar-refractivity contribution in [1.82, 2.24) is 0 Å². The van der Waals surface area contributed by atoms with Crippen LogP contribution in [0.1, 0.15) is 15.9 Å². The molecule has 2 rings (SSSR count). The van der Waals surface area contributed by atoms with Crippen molar-refractivity contribution in [2.24, 2.45) is 0 Å². The normalized spacial score (nSPS) is 11.5. The molecule has 144 valence electrons. The first kappa shape index (κ1) is 20.8. The summed E-state index contributed by atoms with van der Waals surface area (Å²) in [4.78, 5) is 23.1. The van der Waals surface area contributed by atoms with Crippen LogP contribution < -0.4 is 10.6 Å². The molecule has 2 aromatic rings. The summed E-state index contributed by atoms with van der Waals surface area (Å²) in [5, 5.41) is 22.5. The summed E-state index contributed by atoms with van der Waals surface area (Å²) in [5.74, 6) is -2.14. The summed E-state index contributed by atoms with van der Waals surface area (Å²) < 4.78 is 39.2. The number of rotatable bonds is 5. The van der Waals surface area contributed by atoms with Crippen LogP contribution in [0.25, 0.3) is 0 Å². The van der Waals surface area contributed by atoms with Crippen LogP contribution in [0, 0.1) is 11.3 Å². The Hall–Kier alpha value is -3.51. The SMILES string of the molecule is N#C/C(=C/Nc1ccc(Cl)cc1C(F)(F)F)C(=O)Nc1cccc(C(=O)O)c1. The first-order valence-electron chi connectivity index (χ1n) is 7.50. The molecule has 0 aliphatic rings. The van der Waals surface area contributed by atoms with Crippen LogP contribution in [0.4, 0.5) is 24.5 Å². The summed E-state index contributed by atoms with van der Waals surface area (Å²) in [5.41, 5.74) is -1.97. The predicted molar refractivity (Wildman–Crippen MR) is 95.8 cm³/mol. The minimum absolute atomic E-state index is 0.0885. The van der Waals surface area contributed by atoms with Gasteiger partial charge in [0.2, 0.25) is 0 Å². The average Bonchev–Trinajstić information content (AvgIpc) is 2.62. The first-order valence-corrected chi connectivity index (χ1v) is 7.88. The second kappa shape index (κ2) is 8.45. The number of alkyl halides is 3. The standard InChI is InChI=1S/C18H11ClF3N3O3/c19-12-4-5-15(14(7-12)18(20,21)22)24-9-11(8-23)16(26)25-13-3-1-2-10(6-13)17(27)28/h1-7,9,24H,(H,25,26)(H,27,28)/b11-9-. The fourth-order valence-electron chi connectivity index (χ4n) is 2.10. The molecular formula is C18H11ClF3N3O3. The molecule has 1 amide bonds. The molecule has 0 spiro atoms. The minimum atomic E-state index is -4.70. The van der Waals surface area contributed by atoms with Gasteiger partial charge in [-0.25, -0.2) is 4.79 Å². The number of carbonyl (C=O) groups is 2. The zero-order valence-electron chi connectivity index (χ0n) is 13.8. The monoisotopic (exact) mass is 409 g/mol. The molecule has 0 atom stereocenters. The third kappa shape index (κ3) is 5.25. The van der Waals surface area contributed by atoms with E-state index in [1.54, 1.807) is 6.07 Å². The van der Waals surface area contributed by atoms with Crippen molar-refractivity contribution in [3.05, 3.63) is 70.4 Å². The number of anilines is 2. The number of nitrogens with zero attached hydrogens (tertiary/aromatic N) is 1. The fourth-order valence-corrected chi connectivity index (χ4v) is 2.28. The van der Waals surface area contributed by atoms with Crippen molar-refractivity contribution in [2.45, 2.75) is 6.18 Å². The second-order valence-corrected chi connectivity index (χ2v) is 5.78.